The van der Waals surface area contributed by atoms with Gasteiger partial charge in [-0.05, 0) is 19.1 Å². The van der Waals surface area contributed by atoms with Crippen molar-refractivity contribution in [3.63, 3.8) is 0 Å². The van der Waals surface area contributed by atoms with Crippen LogP contribution in [-0.4, -0.2) is 19.7 Å². The third-order valence-corrected chi connectivity index (χ3v) is 3.54. The van der Waals surface area contributed by atoms with E-state index < -0.39 is 0 Å². The van der Waals surface area contributed by atoms with Crippen LogP contribution in [0.15, 0.2) is 42.9 Å². The summed E-state index contributed by atoms with van der Waals surface area (Å²) in [5.74, 6) is 0.860. The number of hydrogen-bond donors (Lipinski definition) is 1. The fourth-order valence-corrected chi connectivity index (χ4v) is 2.43. The zero-order valence-electron chi connectivity index (χ0n) is 10.4. The molecule has 0 saturated carbocycles. The van der Waals surface area contributed by atoms with Gasteiger partial charge in [0.2, 0.25) is 0 Å². The highest BCUT2D eigenvalue weighted by atomic mass is 32.1. The van der Waals surface area contributed by atoms with Gasteiger partial charge in [-0.25, -0.2) is 4.98 Å². The number of rotatable bonds is 4. The first-order valence-corrected chi connectivity index (χ1v) is 6.75. The van der Waals surface area contributed by atoms with Crippen molar-refractivity contribution < 1.29 is 0 Å². The zero-order chi connectivity index (χ0) is 13.1. The number of benzene rings is 1. The SMILES string of the molecule is Cc1cnc(NCc2nncn2-c2ccccc2)s1. The molecule has 2 aromatic heterocycles. The van der Waals surface area contributed by atoms with Crippen molar-refractivity contribution in [1.82, 2.24) is 19.7 Å². The zero-order valence-corrected chi connectivity index (χ0v) is 11.3. The predicted octanol–water partition coefficient (Wildman–Crippen LogP) is 2.64. The summed E-state index contributed by atoms with van der Waals surface area (Å²) < 4.78 is 1.97. The molecule has 6 heteroatoms. The lowest BCUT2D eigenvalue weighted by atomic mass is 10.3. The van der Waals surface area contributed by atoms with Crippen molar-refractivity contribution in [2.75, 3.05) is 5.32 Å². The van der Waals surface area contributed by atoms with E-state index in [9.17, 15) is 0 Å². The van der Waals surface area contributed by atoms with Crippen LogP contribution in [-0.2, 0) is 6.54 Å². The second-order valence-corrected chi connectivity index (χ2v) is 5.32. The fraction of sp³-hybridized carbons (Fsp3) is 0.154. The molecule has 0 bridgehead atoms. The van der Waals surface area contributed by atoms with Crippen molar-refractivity contribution in [3.8, 4) is 5.69 Å². The normalized spacial score (nSPS) is 10.6. The minimum atomic E-state index is 0.599. The molecule has 0 spiro atoms. The van der Waals surface area contributed by atoms with Crippen LogP contribution in [0.2, 0.25) is 0 Å². The summed E-state index contributed by atoms with van der Waals surface area (Å²) in [6.07, 6.45) is 3.58. The van der Waals surface area contributed by atoms with Gasteiger partial charge in [-0.3, -0.25) is 4.57 Å². The number of hydrogen-bond acceptors (Lipinski definition) is 5. The Balaban J connectivity index is 1.77. The molecule has 0 aliphatic rings. The van der Waals surface area contributed by atoms with Gasteiger partial charge in [0, 0.05) is 16.8 Å². The Labute approximate surface area is 115 Å². The molecule has 96 valence electrons. The molecule has 3 rings (SSSR count). The Morgan fingerprint density at radius 3 is 2.84 bits per heavy atom. The summed E-state index contributed by atoms with van der Waals surface area (Å²) in [6.45, 7) is 2.64. The molecule has 3 aromatic rings. The molecule has 0 amide bonds. The van der Waals surface area contributed by atoms with Crippen molar-refractivity contribution in [1.29, 1.82) is 0 Å². The third-order valence-electron chi connectivity index (χ3n) is 2.67. The maximum absolute atomic E-state index is 4.27. The highest BCUT2D eigenvalue weighted by Crippen LogP contribution is 2.17. The summed E-state index contributed by atoms with van der Waals surface area (Å²) in [5.41, 5.74) is 1.06. The predicted molar refractivity (Wildman–Crippen MR) is 75.5 cm³/mol. The maximum atomic E-state index is 4.27. The van der Waals surface area contributed by atoms with E-state index in [1.54, 1.807) is 17.7 Å². The lowest BCUT2D eigenvalue weighted by Gasteiger charge is -2.06. The van der Waals surface area contributed by atoms with Crippen molar-refractivity contribution in [2.24, 2.45) is 0 Å². The maximum Gasteiger partial charge on any atom is 0.183 e. The highest BCUT2D eigenvalue weighted by Gasteiger charge is 2.06. The molecule has 5 nitrogen and oxygen atoms in total. The van der Waals surface area contributed by atoms with Gasteiger partial charge < -0.3 is 5.32 Å². The van der Waals surface area contributed by atoms with Gasteiger partial charge in [-0.15, -0.1) is 21.5 Å². The summed E-state index contributed by atoms with van der Waals surface area (Å²) in [4.78, 5) is 5.45. The lowest BCUT2D eigenvalue weighted by molar-refractivity contribution is 0.889. The summed E-state index contributed by atoms with van der Waals surface area (Å²) in [6, 6.07) is 10.0. The van der Waals surface area contributed by atoms with E-state index in [2.05, 4.69) is 20.5 Å². The van der Waals surface area contributed by atoms with Crippen LogP contribution in [0.3, 0.4) is 0 Å². The molecule has 0 aliphatic heterocycles. The van der Waals surface area contributed by atoms with E-state index >= 15 is 0 Å². The number of nitrogens with zero attached hydrogens (tertiary/aromatic N) is 4. The quantitative estimate of drug-likeness (QED) is 0.792. The number of thiazole rings is 1. The van der Waals surface area contributed by atoms with Gasteiger partial charge in [-0.1, -0.05) is 18.2 Å². The molecule has 1 aromatic carbocycles. The van der Waals surface area contributed by atoms with E-state index in [1.165, 1.54) is 4.88 Å². The molecule has 0 radical (unpaired) electrons. The van der Waals surface area contributed by atoms with Gasteiger partial charge in [0.25, 0.3) is 0 Å². The minimum Gasteiger partial charge on any atom is -0.354 e. The third kappa shape index (κ3) is 2.63. The molecule has 2 heterocycles. The molecular weight excluding hydrogens is 258 g/mol. The summed E-state index contributed by atoms with van der Waals surface area (Å²) in [7, 11) is 0. The largest absolute Gasteiger partial charge is 0.354 e. The van der Waals surface area contributed by atoms with Gasteiger partial charge in [0.1, 0.15) is 6.33 Å². The number of anilines is 1. The van der Waals surface area contributed by atoms with Gasteiger partial charge >= 0.3 is 0 Å². The highest BCUT2D eigenvalue weighted by molar-refractivity contribution is 7.15. The van der Waals surface area contributed by atoms with Crippen molar-refractivity contribution in [2.45, 2.75) is 13.5 Å². The van der Waals surface area contributed by atoms with E-state index in [0.29, 0.717) is 6.54 Å². The van der Waals surface area contributed by atoms with Crippen LogP contribution in [0.1, 0.15) is 10.7 Å². The van der Waals surface area contributed by atoms with Crippen LogP contribution in [0, 0.1) is 6.92 Å². The Hall–Kier alpha value is -2.21. The smallest absolute Gasteiger partial charge is 0.183 e. The molecule has 19 heavy (non-hydrogen) atoms. The minimum absolute atomic E-state index is 0.599. The van der Waals surface area contributed by atoms with E-state index in [-0.39, 0.29) is 0 Å². The second-order valence-electron chi connectivity index (χ2n) is 4.08. The van der Waals surface area contributed by atoms with Gasteiger partial charge in [-0.2, -0.15) is 0 Å². The van der Waals surface area contributed by atoms with Crippen molar-refractivity contribution >= 4 is 16.5 Å². The number of aryl methyl sites for hydroxylation is 1. The van der Waals surface area contributed by atoms with Crippen LogP contribution in [0.5, 0.6) is 0 Å². The number of nitrogens with one attached hydrogen (secondary N) is 1. The summed E-state index contributed by atoms with van der Waals surface area (Å²) in [5, 5.41) is 12.3. The van der Waals surface area contributed by atoms with Gasteiger partial charge in [0.15, 0.2) is 11.0 Å². The van der Waals surface area contributed by atoms with E-state index in [1.807, 2.05) is 48.0 Å². The van der Waals surface area contributed by atoms with Crippen LogP contribution in [0.4, 0.5) is 5.13 Å². The average Bonchev–Trinajstić information content (AvgIpc) is 3.06. The van der Waals surface area contributed by atoms with E-state index in [4.69, 9.17) is 0 Å². The van der Waals surface area contributed by atoms with Crippen molar-refractivity contribution in [3.05, 3.63) is 53.6 Å². The monoisotopic (exact) mass is 271 g/mol. The van der Waals surface area contributed by atoms with Gasteiger partial charge in [0.05, 0.1) is 6.54 Å². The Bertz CT molecular complexity index is 658. The Morgan fingerprint density at radius 1 is 1.26 bits per heavy atom. The average molecular weight is 271 g/mol. The molecule has 0 fully saturated rings. The first-order valence-electron chi connectivity index (χ1n) is 5.93. The number of para-hydroxylation sites is 1. The molecule has 0 unspecified atom stereocenters. The molecule has 0 saturated heterocycles. The Morgan fingerprint density at radius 2 is 2.11 bits per heavy atom. The topological polar surface area (TPSA) is 55.6 Å². The Kier molecular flexibility index (Phi) is 3.24. The summed E-state index contributed by atoms with van der Waals surface area (Å²) >= 11 is 1.63. The fourth-order valence-electron chi connectivity index (χ4n) is 1.77. The van der Waals surface area contributed by atoms with E-state index in [0.717, 1.165) is 16.6 Å². The molecular formula is C13H13N5S. The van der Waals surface area contributed by atoms with Crippen LogP contribution < -0.4 is 5.32 Å². The standard InChI is InChI=1S/C13H13N5S/c1-10-7-14-13(19-10)15-8-12-17-16-9-18(12)11-5-3-2-4-6-11/h2-7,9H,8H2,1H3,(H,14,15). The molecule has 1 N–H and O–H groups in total. The van der Waals surface area contributed by atoms with Crippen LogP contribution in [0.25, 0.3) is 5.69 Å². The molecule has 0 atom stereocenters. The molecule has 0 aliphatic carbocycles. The number of aromatic nitrogens is 4. The van der Waals surface area contributed by atoms with Crippen LogP contribution >= 0.6 is 11.3 Å². The first kappa shape index (κ1) is 11.9. The first-order chi connectivity index (χ1) is 9.33. The lowest BCUT2D eigenvalue weighted by Crippen LogP contribution is -2.06. The second kappa shape index (κ2) is 5.19.